The van der Waals surface area contributed by atoms with Crippen molar-refractivity contribution in [1.29, 1.82) is 0 Å². The summed E-state index contributed by atoms with van der Waals surface area (Å²) in [4.78, 5) is 25.3. The minimum absolute atomic E-state index is 0.106. The van der Waals surface area contributed by atoms with Crippen molar-refractivity contribution in [1.82, 2.24) is 14.9 Å². The van der Waals surface area contributed by atoms with Gasteiger partial charge in [-0.05, 0) is 37.5 Å². The lowest BCUT2D eigenvalue weighted by Gasteiger charge is -2.26. The maximum Gasteiger partial charge on any atom is 0.264 e. The third-order valence-electron chi connectivity index (χ3n) is 5.38. The van der Waals surface area contributed by atoms with Gasteiger partial charge in [-0.3, -0.25) is 4.79 Å². The van der Waals surface area contributed by atoms with Gasteiger partial charge in [0, 0.05) is 13.1 Å². The lowest BCUT2D eigenvalue weighted by molar-refractivity contribution is 0.0797. The van der Waals surface area contributed by atoms with E-state index in [0.717, 1.165) is 63.9 Å². The lowest BCUT2D eigenvalue weighted by Crippen LogP contribution is -2.35. The van der Waals surface area contributed by atoms with Gasteiger partial charge in [0.05, 0.1) is 16.8 Å². The molecule has 0 spiro atoms. The van der Waals surface area contributed by atoms with E-state index in [2.05, 4.69) is 15.3 Å². The number of likely N-dealkylation sites (tertiary alicyclic amines) is 1. The van der Waals surface area contributed by atoms with Gasteiger partial charge >= 0.3 is 0 Å². The summed E-state index contributed by atoms with van der Waals surface area (Å²) in [6.45, 7) is 4.67. The number of aromatic nitrogens is 2. The predicted octanol–water partition coefficient (Wildman–Crippen LogP) is 3.49. The molecule has 0 bridgehead atoms. The Hall–Kier alpha value is -2.87. The van der Waals surface area contributed by atoms with Crippen molar-refractivity contribution in [3.63, 3.8) is 0 Å². The number of carbonyl (C=O) groups excluding carboxylic acids is 1. The number of anilines is 1. The van der Waals surface area contributed by atoms with Crippen LogP contribution in [0.5, 0.6) is 11.5 Å². The molecule has 2 aliphatic heterocycles. The molecule has 3 aromatic rings. The Balaban J connectivity index is 1.36. The van der Waals surface area contributed by atoms with Gasteiger partial charge in [-0.2, -0.15) is 0 Å². The molecule has 4 heterocycles. The fraction of sp³-hybridized carbons (Fsp3) is 0.381. The number of thiophene rings is 1. The Labute approximate surface area is 172 Å². The summed E-state index contributed by atoms with van der Waals surface area (Å²) >= 11 is 1.45. The lowest BCUT2D eigenvalue weighted by atomic mass is 10.2. The summed E-state index contributed by atoms with van der Waals surface area (Å²) in [5, 5.41) is 4.29. The van der Waals surface area contributed by atoms with Crippen LogP contribution in [0, 0.1) is 6.92 Å². The van der Waals surface area contributed by atoms with E-state index < -0.39 is 0 Å². The van der Waals surface area contributed by atoms with E-state index in [4.69, 9.17) is 9.47 Å². The summed E-state index contributed by atoms with van der Waals surface area (Å²) in [5.74, 6) is 2.36. The molecular formula is C21H22N4O3S. The molecule has 7 nitrogen and oxygen atoms in total. The number of carbonyl (C=O) groups is 1. The van der Waals surface area contributed by atoms with Gasteiger partial charge in [-0.25, -0.2) is 9.97 Å². The van der Waals surface area contributed by atoms with Crippen LogP contribution >= 0.6 is 11.3 Å². The fourth-order valence-electron chi connectivity index (χ4n) is 3.85. The number of hydrogen-bond donors (Lipinski definition) is 1. The maximum atomic E-state index is 12.9. The van der Waals surface area contributed by atoms with Crippen molar-refractivity contribution >= 4 is 33.3 Å². The molecule has 150 valence electrons. The van der Waals surface area contributed by atoms with Crippen molar-refractivity contribution < 1.29 is 14.3 Å². The average molecular weight is 410 g/mol. The molecule has 1 amide bonds. The SMILES string of the molecule is Cc1c(C(=O)N2CCCC2)sc2ncnc(NC[C@H]3COc4ccccc4O3)c12. The number of rotatable bonds is 4. The number of amides is 1. The summed E-state index contributed by atoms with van der Waals surface area (Å²) in [5.41, 5.74) is 0.941. The molecule has 1 saturated heterocycles. The largest absolute Gasteiger partial charge is 0.486 e. The average Bonchev–Trinajstić information content (AvgIpc) is 3.40. The Morgan fingerprint density at radius 1 is 1.24 bits per heavy atom. The zero-order valence-electron chi connectivity index (χ0n) is 16.2. The highest BCUT2D eigenvalue weighted by Gasteiger charge is 2.26. The maximum absolute atomic E-state index is 12.9. The molecule has 1 aromatic carbocycles. The highest BCUT2D eigenvalue weighted by atomic mass is 32.1. The van der Waals surface area contributed by atoms with E-state index >= 15 is 0 Å². The molecule has 0 unspecified atom stereocenters. The summed E-state index contributed by atoms with van der Waals surface area (Å²) in [7, 11) is 0. The van der Waals surface area contributed by atoms with Crippen LogP contribution in [0.25, 0.3) is 10.2 Å². The van der Waals surface area contributed by atoms with Crippen molar-refractivity contribution in [2.24, 2.45) is 0 Å². The minimum Gasteiger partial charge on any atom is -0.486 e. The van der Waals surface area contributed by atoms with Gasteiger partial charge in [-0.15, -0.1) is 11.3 Å². The molecular weight excluding hydrogens is 388 g/mol. The van der Waals surface area contributed by atoms with E-state index in [1.54, 1.807) is 0 Å². The number of hydrogen-bond acceptors (Lipinski definition) is 7. The molecule has 1 atom stereocenters. The van der Waals surface area contributed by atoms with Gasteiger partial charge in [0.2, 0.25) is 0 Å². The minimum atomic E-state index is -0.125. The number of para-hydroxylation sites is 2. The first-order chi connectivity index (χ1) is 14.2. The van der Waals surface area contributed by atoms with E-state index in [-0.39, 0.29) is 12.0 Å². The normalized spacial score (nSPS) is 18.2. The molecule has 1 fully saturated rings. The summed E-state index contributed by atoms with van der Waals surface area (Å²) < 4.78 is 11.8. The highest BCUT2D eigenvalue weighted by Crippen LogP contribution is 2.35. The van der Waals surface area contributed by atoms with Crippen LogP contribution in [0.15, 0.2) is 30.6 Å². The quantitative estimate of drug-likeness (QED) is 0.710. The van der Waals surface area contributed by atoms with Crippen LogP contribution in [0.4, 0.5) is 5.82 Å². The van der Waals surface area contributed by atoms with Gasteiger partial charge in [-0.1, -0.05) is 12.1 Å². The van der Waals surface area contributed by atoms with E-state index in [9.17, 15) is 4.79 Å². The molecule has 29 heavy (non-hydrogen) atoms. The van der Waals surface area contributed by atoms with Gasteiger partial charge in [0.25, 0.3) is 5.91 Å². The van der Waals surface area contributed by atoms with Crippen LogP contribution in [0.2, 0.25) is 0 Å². The van der Waals surface area contributed by atoms with Crippen LogP contribution in [0.3, 0.4) is 0 Å². The third-order valence-corrected chi connectivity index (χ3v) is 6.57. The zero-order chi connectivity index (χ0) is 19.8. The van der Waals surface area contributed by atoms with Crippen LogP contribution in [-0.2, 0) is 0 Å². The van der Waals surface area contributed by atoms with Crippen molar-refractivity contribution in [2.45, 2.75) is 25.9 Å². The molecule has 0 aliphatic carbocycles. The number of benzene rings is 1. The van der Waals surface area contributed by atoms with Crippen molar-refractivity contribution in [3.05, 3.63) is 41.0 Å². The van der Waals surface area contributed by atoms with Crippen molar-refractivity contribution in [2.75, 3.05) is 31.6 Å². The number of nitrogens with one attached hydrogen (secondary N) is 1. The second-order valence-corrected chi connectivity index (χ2v) is 8.34. The number of aryl methyl sites for hydroxylation is 1. The Kier molecular flexibility index (Phi) is 4.71. The Bertz CT molecular complexity index is 1060. The smallest absolute Gasteiger partial charge is 0.264 e. The van der Waals surface area contributed by atoms with Gasteiger partial charge in [0.1, 0.15) is 29.7 Å². The third kappa shape index (κ3) is 3.37. The van der Waals surface area contributed by atoms with Crippen LogP contribution in [-0.4, -0.2) is 53.1 Å². The molecule has 2 aromatic heterocycles. The second kappa shape index (κ2) is 7.51. The standard InChI is InChI=1S/C21H22N4O3S/c1-13-17-19(22-10-14-11-27-15-6-2-3-7-16(15)28-14)23-12-24-20(17)29-18(13)21(26)25-8-4-5-9-25/h2-3,6-7,12,14H,4-5,8-11H2,1H3,(H,22,23,24)/t14-/m0/s1. The topological polar surface area (TPSA) is 76.6 Å². The molecule has 0 radical (unpaired) electrons. The Morgan fingerprint density at radius 3 is 2.86 bits per heavy atom. The first-order valence-electron chi connectivity index (χ1n) is 9.86. The number of nitrogens with zero attached hydrogens (tertiary/aromatic N) is 3. The van der Waals surface area contributed by atoms with E-state index in [1.807, 2.05) is 36.1 Å². The van der Waals surface area contributed by atoms with Crippen molar-refractivity contribution in [3.8, 4) is 11.5 Å². The first kappa shape index (κ1) is 18.2. The second-order valence-electron chi connectivity index (χ2n) is 7.34. The van der Waals surface area contributed by atoms with Gasteiger partial charge < -0.3 is 19.7 Å². The van der Waals surface area contributed by atoms with Crippen LogP contribution < -0.4 is 14.8 Å². The highest BCUT2D eigenvalue weighted by molar-refractivity contribution is 7.20. The summed E-state index contributed by atoms with van der Waals surface area (Å²) in [6, 6.07) is 7.67. The van der Waals surface area contributed by atoms with E-state index in [0.29, 0.717) is 13.2 Å². The predicted molar refractivity (Wildman–Crippen MR) is 112 cm³/mol. The number of fused-ring (bicyclic) bond motifs is 2. The van der Waals surface area contributed by atoms with E-state index in [1.165, 1.54) is 17.7 Å². The van der Waals surface area contributed by atoms with Gasteiger partial charge in [0.15, 0.2) is 11.5 Å². The monoisotopic (exact) mass is 410 g/mol. The molecule has 1 N–H and O–H groups in total. The zero-order valence-corrected chi connectivity index (χ0v) is 17.0. The number of ether oxygens (including phenoxy) is 2. The molecule has 8 heteroatoms. The molecule has 5 rings (SSSR count). The fourth-order valence-corrected chi connectivity index (χ4v) is 4.96. The first-order valence-corrected chi connectivity index (χ1v) is 10.7. The molecule has 2 aliphatic rings. The van der Waals surface area contributed by atoms with Crippen LogP contribution in [0.1, 0.15) is 28.1 Å². The Morgan fingerprint density at radius 2 is 2.03 bits per heavy atom. The molecule has 0 saturated carbocycles. The summed E-state index contributed by atoms with van der Waals surface area (Å²) in [6.07, 6.45) is 3.57.